The molecule has 1 aromatic heterocycles. The van der Waals surface area contributed by atoms with E-state index in [1.165, 1.54) is 18.3 Å². The molecule has 2 N–H and O–H groups in total. The lowest BCUT2D eigenvalue weighted by Gasteiger charge is -2.09. The number of aryl methyl sites for hydroxylation is 1. The molecule has 3 aromatic rings. The summed E-state index contributed by atoms with van der Waals surface area (Å²) >= 11 is 0. The molecule has 0 spiro atoms. The third kappa shape index (κ3) is 3.35. The highest BCUT2D eigenvalue weighted by Crippen LogP contribution is 2.19. The maximum absolute atomic E-state index is 13.2. The van der Waals surface area contributed by atoms with E-state index in [2.05, 4.69) is 25.8 Å². The minimum atomic E-state index is -0.327. The van der Waals surface area contributed by atoms with Crippen LogP contribution < -0.4 is 10.6 Å². The number of nitrogens with one attached hydrogen (secondary N) is 2. The second kappa shape index (κ2) is 6.17. The number of para-hydroxylation sites is 1. The van der Waals surface area contributed by atoms with E-state index in [-0.39, 0.29) is 5.82 Å². The minimum absolute atomic E-state index is 0.296. The number of nitrogens with zero attached hydrogens (tertiary/aromatic N) is 3. The highest BCUT2D eigenvalue weighted by Gasteiger charge is 2.04. The van der Waals surface area contributed by atoms with Gasteiger partial charge in [-0.2, -0.15) is 10.1 Å². The Morgan fingerprint density at radius 1 is 1.00 bits per heavy atom. The van der Waals surface area contributed by atoms with Crippen LogP contribution in [0, 0.1) is 12.7 Å². The lowest BCUT2D eigenvalue weighted by molar-refractivity contribution is 0.628. The van der Waals surface area contributed by atoms with E-state index in [9.17, 15) is 4.39 Å². The van der Waals surface area contributed by atoms with Crippen molar-refractivity contribution in [1.29, 1.82) is 0 Å². The molecular weight excluding hydrogens is 281 g/mol. The van der Waals surface area contributed by atoms with Gasteiger partial charge in [0.1, 0.15) is 5.82 Å². The van der Waals surface area contributed by atoms with E-state index in [1.807, 2.05) is 31.2 Å². The Morgan fingerprint density at radius 3 is 2.68 bits per heavy atom. The topological polar surface area (TPSA) is 62.7 Å². The zero-order chi connectivity index (χ0) is 15.4. The van der Waals surface area contributed by atoms with Crippen LogP contribution in [0.1, 0.15) is 5.56 Å². The van der Waals surface area contributed by atoms with Crippen molar-refractivity contribution < 1.29 is 4.39 Å². The van der Waals surface area contributed by atoms with Gasteiger partial charge in [0.15, 0.2) is 5.82 Å². The van der Waals surface area contributed by atoms with Gasteiger partial charge in [-0.1, -0.05) is 24.3 Å². The molecule has 5 nitrogen and oxygen atoms in total. The maximum Gasteiger partial charge on any atom is 0.249 e. The molecule has 0 fully saturated rings. The summed E-state index contributed by atoms with van der Waals surface area (Å²) in [6, 6.07) is 13.9. The lowest BCUT2D eigenvalue weighted by Crippen LogP contribution is -2.03. The average molecular weight is 295 g/mol. The minimum Gasteiger partial charge on any atom is -0.339 e. The van der Waals surface area contributed by atoms with Gasteiger partial charge in [0.25, 0.3) is 0 Å². The molecule has 0 aliphatic carbocycles. The Labute approximate surface area is 127 Å². The summed E-state index contributed by atoms with van der Waals surface area (Å²) in [7, 11) is 0. The summed E-state index contributed by atoms with van der Waals surface area (Å²) < 4.78 is 13.2. The maximum atomic E-state index is 13.2. The third-order valence-corrected chi connectivity index (χ3v) is 3.05. The number of hydrogen-bond acceptors (Lipinski definition) is 5. The largest absolute Gasteiger partial charge is 0.339 e. The van der Waals surface area contributed by atoms with Gasteiger partial charge in [0.05, 0.1) is 6.20 Å². The van der Waals surface area contributed by atoms with E-state index in [1.54, 1.807) is 12.1 Å². The molecule has 22 heavy (non-hydrogen) atoms. The molecule has 0 radical (unpaired) electrons. The summed E-state index contributed by atoms with van der Waals surface area (Å²) in [4.78, 5) is 4.32. The Hall–Kier alpha value is -3.02. The molecule has 0 unspecified atom stereocenters. The highest BCUT2D eigenvalue weighted by molar-refractivity contribution is 5.61. The van der Waals surface area contributed by atoms with E-state index in [0.29, 0.717) is 17.5 Å². The summed E-state index contributed by atoms with van der Waals surface area (Å²) in [5, 5.41) is 13.9. The second-order valence-corrected chi connectivity index (χ2v) is 4.74. The van der Waals surface area contributed by atoms with Crippen molar-refractivity contribution in [2.24, 2.45) is 0 Å². The molecule has 110 valence electrons. The molecule has 0 amide bonds. The first-order valence-electron chi connectivity index (χ1n) is 6.76. The van der Waals surface area contributed by atoms with Crippen LogP contribution in [0.3, 0.4) is 0 Å². The van der Waals surface area contributed by atoms with Crippen molar-refractivity contribution in [2.45, 2.75) is 6.92 Å². The molecule has 0 aliphatic rings. The standard InChI is InChI=1S/C16H14FN5/c1-11-5-2-3-8-14(11)20-15-10-18-22-16(21-15)19-13-7-4-6-12(17)9-13/h2-10H,1H3,(H2,19,20,21,22). The smallest absolute Gasteiger partial charge is 0.249 e. The zero-order valence-corrected chi connectivity index (χ0v) is 11.9. The Kier molecular flexibility index (Phi) is 3.91. The third-order valence-electron chi connectivity index (χ3n) is 3.05. The number of rotatable bonds is 4. The number of aromatic nitrogens is 3. The summed E-state index contributed by atoms with van der Waals surface area (Å²) in [6.07, 6.45) is 1.53. The SMILES string of the molecule is Cc1ccccc1Nc1cnnc(Nc2cccc(F)c2)n1. The van der Waals surface area contributed by atoms with Gasteiger partial charge in [-0.25, -0.2) is 4.39 Å². The number of halogens is 1. The van der Waals surface area contributed by atoms with Crippen LogP contribution in [0.4, 0.5) is 27.5 Å². The van der Waals surface area contributed by atoms with Gasteiger partial charge in [-0.05, 0) is 36.8 Å². The molecule has 0 saturated carbocycles. The van der Waals surface area contributed by atoms with Gasteiger partial charge in [-0.3, -0.25) is 0 Å². The number of benzene rings is 2. The fourth-order valence-electron chi connectivity index (χ4n) is 1.96. The Balaban J connectivity index is 1.79. The van der Waals surface area contributed by atoms with Crippen LogP contribution >= 0.6 is 0 Å². The van der Waals surface area contributed by atoms with Crippen molar-refractivity contribution in [3.05, 3.63) is 66.1 Å². The van der Waals surface area contributed by atoms with Crippen LogP contribution in [0.15, 0.2) is 54.7 Å². The van der Waals surface area contributed by atoms with Crippen molar-refractivity contribution in [3.8, 4) is 0 Å². The Bertz CT molecular complexity index is 791. The highest BCUT2D eigenvalue weighted by atomic mass is 19.1. The molecule has 0 aliphatic heterocycles. The van der Waals surface area contributed by atoms with Gasteiger partial charge in [0.2, 0.25) is 5.95 Å². The summed E-state index contributed by atoms with van der Waals surface area (Å²) in [5.74, 6) is 0.527. The quantitative estimate of drug-likeness (QED) is 0.766. The molecule has 0 bridgehead atoms. The van der Waals surface area contributed by atoms with Crippen LogP contribution in [-0.4, -0.2) is 15.2 Å². The molecule has 0 atom stereocenters. The molecule has 3 rings (SSSR count). The van der Waals surface area contributed by atoms with Gasteiger partial charge in [0, 0.05) is 11.4 Å². The van der Waals surface area contributed by atoms with Crippen LogP contribution in [0.5, 0.6) is 0 Å². The average Bonchev–Trinajstić information content (AvgIpc) is 2.50. The predicted molar refractivity (Wildman–Crippen MR) is 84.0 cm³/mol. The van der Waals surface area contributed by atoms with E-state index < -0.39 is 0 Å². The molecular formula is C16H14FN5. The number of anilines is 4. The fourth-order valence-corrected chi connectivity index (χ4v) is 1.96. The molecule has 6 heteroatoms. The van der Waals surface area contributed by atoms with Crippen molar-refractivity contribution in [3.63, 3.8) is 0 Å². The van der Waals surface area contributed by atoms with Crippen LogP contribution in [0.25, 0.3) is 0 Å². The van der Waals surface area contributed by atoms with Crippen molar-refractivity contribution >= 4 is 23.1 Å². The van der Waals surface area contributed by atoms with E-state index in [4.69, 9.17) is 0 Å². The first-order chi connectivity index (χ1) is 10.7. The second-order valence-electron chi connectivity index (χ2n) is 4.74. The summed E-state index contributed by atoms with van der Waals surface area (Å²) in [5.41, 5.74) is 2.61. The summed E-state index contributed by atoms with van der Waals surface area (Å²) in [6.45, 7) is 2.00. The molecule has 0 saturated heterocycles. The van der Waals surface area contributed by atoms with E-state index >= 15 is 0 Å². The number of hydrogen-bond donors (Lipinski definition) is 2. The molecule has 1 heterocycles. The molecule has 2 aromatic carbocycles. The first-order valence-corrected chi connectivity index (χ1v) is 6.76. The van der Waals surface area contributed by atoms with Crippen molar-refractivity contribution in [2.75, 3.05) is 10.6 Å². The van der Waals surface area contributed by atoms with Gasteiger partial charge >= 0.3 is 0 Å². The van der Waals surface area contributed by atoms with Gasteiger partial charge in [-0.15, -0.1) is 5.10 Å². The normalized spacial score (nSPS) is 10.3. The zero-order valence-electron chi connectivity index (χ0n) is 11.9. The predicted octanol–water partition coefficient (Wildman–Crippen LogP) is 3.81. The fraction of sp³-hybridized carbons (Fsp3) is 0.0625. The van der Waals surface area contributed by atoms with Gasteiger partial charge < -0.3 is 10.6 Å². The van der Waals surface area contributed by atoms with E-state index in [0.717, 1.165) is 11.3 Å². The van der Waals surface area contributed by atoms with Crippen molar-refractivity contribution in [1.82, 2.24) is 15.2 Å². The lowest BCUT2D eigenvalue weighted by atomic mass is 10.2. The van der Waals surface area contributed by atoms with Crippen LogP contribution in [-0.2, 0) is 0 Å². The first kappa shape index (κ1) is 13.9. The van der Waals surface area contributed by atoms with Crippen LogP contribution in [0.2, 0.25) is 0 Å². The monoisotopic (exact) mass is 295 g/mol. The Morgan fingerprint density at radius 2 is 1.86 bits per heavy atom.